The second kappa shape index (κ2) is 6.04. The lowest BCUT2D eigenvalue weighted by atomic mass is 10.0. The van der Waals surface area contributed by atoms with E-state index in [0.717, 1.165) is 39.8 Å². The molecule has 1 heterocycles. The smallest absolute Gasteiger partial charge is 0.151 e. The summed E-state index contributed by atoms with van der Waals surface area (Å²) in [7, 11) is 3.22. The van der Waals surface area contributed by atoms with E-state index in [1.54, 1.807) is 14.2 Å². The zero-order valence-electron chi connectivity index (χ0n) is 13.1. The van der Waals surface area contributed by atoms with Gasteiger partial charge in [-0.2, -0.15) is 0 Å². The molecule has 2 aromatic carbocycles. The van der Waals surface area contributed by atoms with Crippen LogP contribution in [0.25, 0.3) is 22.2 Å². The van der Waals surface area contributed by atoms with E-state index < -0.39 is 0 Å². The summed E-state index contributed by atoms with van der Waals surface area (Å²) in [5, 5.41) is 1.04. The van der Waals surface area contributed by atoms with E-state index in [1.807, 2.05) is 36.4 Å². The van der Waals surface area contributed by atoms with Crippen molar-refractivity contribution in [1.29, 1.82) is 0 Å². The Morgan fingerprint density at radius 1 is 1.13 bits per heavy atom. The summed E-state index contributed by atoms with van der Waals surface area (Å²) in [6, 6.07) is 11.6. The third kappa shape index (κ3) is 2.61. The third-order valence-corrected chi connectivity index (χ3v) is 3.91. The first kappa shape index (κ1) is 15.0. The van der Waals surface area contributed by atoms with Gasteiger partial charge in [0.1, 0.15) is 12.0 Å². The second-order valence-electron chi connectivity index (χ2n) is 5.23. The Hall–Kier alpha value is -2.95. The van der Waals surface area contributed by atoms with Gasteiger partial charge in [0.15, 0.2) is 5.75 Å². The van der Waals surface area contributed by atoms with Gasteiger partial charge in [0, 0.05) is 22.9 Å². The molecule has 1 aromatic heterocycles. The van der Waals surface area contributed by atoms with Crippen LogP contribution >= 0.6 is 0 Å². The molecule has 0 fully saturated rings. The van der Waals surface area contributed by atoms with Gasteiger partial charge in [-0.15, -0.1) is 0 Å². The second-order valence-corrected chi connectivity index (χ2v) is 5.23. The lowest BCUT2D eigenvalue weighted by Crippen LogP contribution is -2.01. The SMILES string of the molecule is COc1ccc2[nH]c(-c3ccc(CC=O)c(N)c3OC)cc2c1. The Morgan fingerprint density at radius 2 is 1.96 bits per heavy atom. The summed E-state index contributed by atoms with van der Waals surface area (Å²) in [5.41, 5.74) is 10.1. The molecular formula is C18H18N2O3. The molecule has 0 radical (unpaired) electrons. The molecule has 118 valence electrons. The standard InChI is InChI=1S/C18H18N2O3/c1-22-13-4-6-15-12(9-13)10-16(20-15)14-5-3-11(7-8-21)17(19)18(14)23-2/h3-6,8-10,20H,7,19H2,1-2H3. The van der Waals surface area contributed by atoms with Crippen molar-refractivity contribution in [3.63, 3.8) is 0 Å². The number of H-pyrrole nitrogens is 1. The van der Waals surface area contributed by atoms with Crippen molar-refractivity contribution in [3.05, 3.63) is 42.0 Å². The number of hydrogen-bond donors (Lipinski definition) is 2. The largest absolute Gasteiger partial charge is 0.497 e. The summed E-state index contributed by atoms with van der Waals surface area (Å²) in [5.74, 6) is 1.37. The third-order valence-electron chi connectivity index (χ3n) is 3.91. The topological polar surface area (TPSA) is 77.3 Å². The number of nitrogens with two attached hydrogens (primary N) is 1. The van der Waals surface area contributed by atoms with E-state index in [-0.39, 0.29) is 6.42 Å². The maximum Gasteiger partial charge on any atom is 0.151 e. The maximum atomic E-state index is 10.7. The number of methoxy groups -OCH3 is 2. The van der Waals surface area contributed by atoms with Crippen molar-refractivity contribution in [2.24, 2.45) is 0 Å². The van der Waals surface area contributed by atoms with Crippen LogP contribution in [0, 0.1) is 0 Å². The fourth-order valence-corrected chi connectivity index (χ4v) is 2.72. The monoisotopic (exact) mass is 310 g/mol. The van der Waals surface area contributed by atoms with Gasteiger partial charge in [0.25, 0.3) is 0 Å². The highest BCUT2D eigenvalue weighted by molar-refractivity contribution is 5.89. The van der Waals surface area contributed by atoms with E-state index in [9.17, 15) is 4.79 Å². The summed E-state index contributed by atoms with van der Waals surface area (Å²) in [6.07, 6.45) is 1.10. The molecule has 0 saturated carbocycles. The van der Waals surface area contributed by atoms with Crippen LogP contribution in [0.1, 0.15) is 5.56 Å². The molecule has 0 saturated heterocycles. The minimum Gasteiger partial charge on any atom is -0.497 e. The number of carbonyl (C=O) groups is 1. The number of ether oxygens (including phenoxy) is 2. The molecule has 0 unspecified atom stereocenters. The molecule has 0 aliphatic carbocycles. The Labute approximate surface area is 134 Å². The van der Waals surface area contributed by atoms with E-state index in [2.05, 4.69) is 4.98 Å². The molecule has 23 heavy (non-hydrogen) atoms. The highest BCUT2D eigenvalue weighted by Crippen LogP contribution is 2.38. The van der Waals surface area contributed by atoms with Crippen molar-refractivity contribution in [3.8, 4) is 22.8 Å². The van der Waals surface area contributed by atoms with Crippen LogP contribution in [0.15, 0.2) is 36.4 Å². The number of aromatic amines is 1. The van der Waals surface area contributed by atoms with Crippen molar-refractivity contribution in [2.75, 3.05) is 20.0 Å². The fraction of sp³-hybridized carbons (Fsp3) is 0.167. The van der Waals surface area contributed by atoms with E-state index in [4.69, 9.17) is 15.2 Å². The van der Waals surface area contributed by atoms with Gasteiger partial charge in [0.2, 0.25) is 0 Å². The van der Waals surface area contributed by atoms with E-state index in [0.29, 0.717) is 11.4 Å². The molecule has 0 amide bonds. The number of nitrogens with one attached hydrogen (secondary N) is 1. The van der Waals surface area contributed by atoms with Crippen LogP contribution in [-0.2, 0) is 11.2 Å². The number of fused-ring (bicyclic) bond motifs is 1. The number of aromatic nitrogens is 1. The summed E-state index contributed by atoms with van der Waals surface area (Å²) in [6.45, 7) is 0. The predicted octanol–water partition coefficient (Wildman–Crippen LogP) is 3.18. The maximum absolute atomic E-state index is 10.7. The highest BCUT2D eigenvalue weighted by Gasteiger charge is 2.15. The molecule has 0 aliphatic rings. The number of carbonyl (C=O) groups excluding carboxylic acids is 1. The van der Waals surface area contributed by atoms with Crippen LogP contribution in [0.4, 0.5) is 5.69 Å². The molecule has 0 aliphatic heterocycles. The normalized spacial score (nSPS) is 10.7. The van der Waals surface area contributed by atoms with Gasteiger partial charge in [-0.3, -0.25) is 0 Å². The quantitative estimate of drug-likeness (QED) is 0.560. The molecule has 5 nitrogen and oxygen atoms in total. The molecule has 0 spiro atoms. The Morgan fingerprint density at radius 3 is 2.65 bits per heavy atom. The van der Waals surface area contributed by atoms with Gasteiger partial charge in [-0.05, 0) is 35.9 Å². The molecule has 0 bridgehead atoms. The first-order valence-corrected chi connectivity index (χ1v) is 7.24. The summed E-state index contributed by atoms with van der Waals surface area (Å²) in [4.78, 5) is 14.1. The minimum absolute atomic E-state index is 0.270. The predicted molar refractivity (Wildman–Crippen MR) is 91.0 cm³/mol. The average Bonchev–Trinajstić information content (AvgIpc) is 2.99. The summed E-state index contributed by atoms with van der Waals surface area (Å²) < 4.78 is 10.7. The van der Waals surface area contributed by atoms with Crippen LogP contribution in [0.2, 0.25) is 0 Å². The number of rotatable bonds is 5. The van der Waals surface area contributed by atoms with E-state index in [1.165, 1.54) is 0 Å². The van der Waals surface area contributed by atoms with Crippen LogP contribution < -0.4 is 15.2 Å². The minimum atomic E-state index is 0.270. The Kier molecular flexibility index (Phi) is 3.93. The number of anilines is 1. The molecular weight excluding hydrogens is 292 g/mol. The van der Waals surface area contributed by atoms with Gasteiger partial charge in [-0.1, -0.05) is 6.07 Å². The van der Waals surface area contributed by atoms with Crippen LogP contribution in [0.5, 0.6) is 11.5 Å². The van der Waals surface area contributed by atoms with Crippen molar-refractivity contribution in [1.82, 2.24) is 4.98 Å². The highest BCUT2D eigenvalue weighted by atomic mass is 16.5. The zero-order chi connectivity index (χ0) is 16.4. The van der Waals surface area contributed by atoms with Crippen molar-refractivity contribution in [2.45, 2.75) is 6.42 Å². The van der Waals surface area contributed by atoms with Gasteiger partial charge in [0.05, 0.1) is 25.6 Å². The molecule has 5 heteroatoms. The van der Waals surface area contributed by atoms with Gasteiger partial charge in [-0.25, -0.2) is 0 Å². The Bertz CT molecular complexity index is 868. The summed E-state index contributed by atoms with van der Waals surface area (Å²) >= 11 is 0. The van der Waals surface area contributed by atoms with Crippen molar-refractivity contribution < 1.29 is 14.3 Å². The molecule has 3 rings (SSSR count). The van der Waals surface area contributed by atoms with Crippen LogP contribution in [0.3, 0.4) is 0 Å². The number of benzene rings is 2. The number of nitrogen functional groups attached to an aromatic ring is 1. The first-order valence-electron chi connectivity index (χ1n) is 7.24. The van der Waals surface area contributed by atoms with Gasteiger partial charge < -0.3 is 25.0 Å². The van der Waals surface area contributed by atoms with Crippen molar-refractivity contribution >= 4 is 22.9 Å². The number of aldehydes is 1. The average molecular weight is 310 g/mol. The van der Waals surface area contributed by atoms with E-state index >= 15 is 0 Å². The number of hydrogen-bond acceptors (Lipinski definition) is 4. The first-order chi connectivity index (χ1) is 11.2. The molecule has 3 aromatic rings. The fourth-order valence-electron chi connectivity index (χ4n) is 2.72. The van der Waals surface area contributed by atoms with Gasteiger partial charge >= 0.3 is 0 Å². The Balaban J connectivity index is 2.14. The molecule has 0 atom stereocenters. The lowest BCUT2D eigenvalue weighted by molar-refractivity contribution is -0.107. The lowest BCUT2D eigenvalue weighted by Gasteiger charge is -2.13. The van der Waals surface area contributed by atoms with Crippen LogP contribution in [-0.4, -0.2) is 25.5 Å². The zero-order valence-corrected chi connectivity index (χ0v) is 13.1. The molecule has 3 N–H and O–H groups in total.